The highest BCUT2D eigenvalue weighted by Crippen LogP contribution is 2.23. The maximum atomic E-state index is 12.5. The molecule has 0 aliphatic carbocycles. The van der Waals surface area contributed by atoms with E-state index in [9.17, 15) is 9.59 Å². The first kappa shape index (κ1) is 15.6. The van der Waals surface area contributed by atoms with Crippen LogP contribution < -0.4 is 11.2 Å². The molecule has 120 valence electrons. The highest BCUT2D eigenvalue weighted by atomic mass is 32.2. The molecule has 0 fully saturated rings. The summed E-state index contributed by atoms with van der Waals surface area (Å²) in [6.45, 7) is 2.13. The average molecular weight is 330 g/mol. The number of nitrogens with zero attached hydrogens (tertiary/aromatic N) is 4. The minimum atomic E-state index is -0.331. The van der Waals surface area contributed by atoms with Crippen LogP contribution >= 0.6 is 11.8 Å². The van der Waals surface area contributed by atoms with E-state index < -0.39 is 0 Å². The number of aromatic nitrogens is 4. The molecular weight excluding hydrogens is 312 g/mol. The van der Waals surface area contributed by atoms with Crippen LogP contribution in [0.1, 0.15) is 12.5 Å². The van der Waals surface area contributed by atoms with Crippen LogP contribution in [0.15, 0.2) is 45.1 Å². The van der Waals surface area contributed by atoms with Crippen LogP contribution in [-0.4, -0.2) is 18.7 Å². The van der Waals surface area contributed by atoms with E-state index >= 15 is 0 Å². The van der Waals surface area contributed by atoms with E-state index in [-0.39, 0.29) is 11.2 Å². The van der Waals surface area contributed by atoms with Crippen molar-refractivity contribution in [3.63, 3.8) is 0 Å². The van der Waals surface area contributed by atoms with E-state index in [0.717, 1.165) is 10.9 Å². The summed E-state index contributed by atoms with van der Waals surface area (Å²) in [5, 5.41) is 0.727. The van der Waals surface area contributed by atoms with Crippen molar-refractivity contribution in [1.82, 2.24) is 18.7 Å². The van der Waals surface area contributed by atoms with Gasteiger partial charge in [0.2, 0.25) is 0 Å². The summed E-state index contributed by atoms with van der Waals surface area (Å²) in [4.78, 5) is 29.2. The highest BCUT2D eigenvalue weighted by molar-refractivity contribution is 7.98. The lowest BCUT2D eigenvalue weighted by Crippen LogP contribution is -2.39. The Morgan fingerprint density at radius 1 is 1.09 bits per heavy atom. The van der Waals surface area contributed by atoms with Crippen molar-refractivity contribution in [1.29, 1.82) is 0 Å². The summed E-state index contributed by atoms with van der Waals surface area (Å²) in [5.41, 5.74) is 1.46. The molecule has 0 spiro atoms. The van der Waals surface area contributed by atoms with Gasteiger partial charge in [-0.25, -0.2) is 9.78 Å². The first-order valence-corrected chi connectivity index (χ1v) is 8.36. The molecule has 0 atom stereocenters. The monoisotopic (exact) mass is 330 g/mol. The second kappa shape index (κ2) is 6.08. The number of benzene rings is 1. The normalized spacial score (nSPS) is 11.3. The molecule has 0 aliphatic heterocycles. The molecule has 0 saturated heterocycles. The first-order chi connectivity index (χ1) is 11.0. The lowest BCUT2D eigenvalue weighted by molar-refractivity contribution is 0.635. The van der Waals surface area contributed by atoms with Crippen molar-refractivity contribution >= 4 is 22.9 Å². The standard InChI is InChI=1S/C16H18N4O2S/c1-4-20-14(21)12-13(19(3)16(20)22)17-15(18(12)2)23-10-11-8-6-5-7-9-11/h5-9H,4,10H2,1-3H3. The van der Waals surface area contributed by atoms with Gasteiger partial charge in [0.25, 0.3) is 5.56 Å². The third-order valence-electron chi connectivity index (χ3n) is 3.85. The first-order valence-electron chi connectivity index (χ1n) is 7.37. The van der Waals surface area contributed by atoms with E-state index in [1.165, 1.54) is 14.7 Å². The molecule has 0 saturated carbocycles. The second-order valence-electron chi connectivity index (χ2n) is 5.29. The van der Waals surface area contributed by atoms with Gasteiger partial charge in [-0.15, -0.1) is 0 Å². The predicted molar refractivity (Wildman–Crippen MR) is 91.9 cm³/mol. The Morgan fingerprint density at radius 2 is 1.78 bits per heavy atom. The number of thioether (sulfide) groups is 1. The molecule has 3 aromatic rings. The second-order valence-corrected chi connectivity index (χ2v) is 6.23. The van der Waals surface area contributed by atoms with E-state index in [1.807, 2.05) is 25.2 Å². The van der Waals surface area contributed by atoms with E-state index in [4.69, 9.17) is 0 Å². The smallest absolute Gasteiger partial charge is 0.316 e. The molecule has 2 aromatic heterocycles. The summed E-state index contributed by atoms with van der Waals surface area (Å²) in [7, 11) is 3.46. The quantitative estimate of drug-likeness (QED) is 0.684. The molecular formula is C16H18N4O2S. The molecule has 0 bridgehead atoms. The minimum absolute atomic E-state index is 0.285. The van der Waals surface area contributed by atoms with Crippen molar-refractivity contribution in [2.45, 2.75) is 24.4 Å². The summed E-state index contributed by atoms with van der Waals surface area (Å²) in [6.07, 6.45) is 0. The van der Waals surface area contributed by atoms with Crippen LogP contribution in [0.2, 0.25) is 0 Å². The van der Waals surface area contributed by atoms with Crippen molar-refractivity contribution in [3.05, 3.63) is 56.7 Å². The molecule has 0 radical (unpaired) electrons. The van der Waals surface area contributed by atoms with Gasteiger partial charge in [-0.3, -0.25) is 13.9 Å². The molecule has 0 unspecified atom stereocenters. The van der Waals surface area contributed by atoms with Crippen LogP contribution in [0.3, 0.4) is 0 Å². The van der Waals surface area contributed by atoms with Gasteiger partial charge >= 0.3 is 5.69 Å². The van der Waals surface area contributed by atoms with Gasteiger partial charge in [0.1, 0.15) is 0 Å². The molecule has 7 heteroatoms. The van der Waals surface area contributed by atoms with Crippen LogP contribution in [0.5, 0.6) is 0 Å². The molecule has 2 heterocycles. The van der Waals surface area contributed by atoms with E-state index in [0.29, 0.717) is 17.7 Å². The fourth-order valence-corrected chi connectivity index (χ4v) is 3.48. The number of imidazole rings is 1. The molecule has 0 aliphatic rings. The highest BCUT2D eigenvalue weighted by Gasteiger charge is 2.17. The predicted octanol–water partition coefficient (Wildman–Crippen LogP) is 1.75. The number of aryl methyl sites for hydroxylation is 2. The molecule has 1 aromatic carbocycles. The molecule has 23 heavy (non-hydrogen) atoms. The zero-order valence-electron chi connectivity index (χ0n) is 13.3. The molecule has 0 amide bonds. The zero-order chi connectivity index (χ0) is 16.6. The van der Waals surface area contributed by atoms with Gasteiger partial charge in [-0.05, 0) is 12.5 Å². The van der Waals surface area contributed by atoms with E-state index in [1.54, 1.807) is 30.3 Å². The Labute approximate surface area is 137 Å². The summed E-state index contributed by atoms with van der Waals surface area (Å²) in [5.74, 6) is 0.758. The fraction of sp³-hybridized carbons (Fsp3) is 0.312. The summed E-state index contributed by atoms with van der Waals surface area (Å²) in [6, 6.07) is 10.1. The van der Waals surface area contributed by atoms with Crippen LogP contribution in [-0.2, 0) is 26.4 Å². The van der Waals surface area contributed by atoms with Gasteiger partial charge in [0, 0.05) is 26.4 Å². The maximum Gasteiger partial charge on any atom is 0.332 e. The Bertz CT molecular complexity index is 970. The van der Waals surface area contributed by atoms with Gasteiger partial charge in [0.15, 0.2) is 16.3 Å². The summed E-state index contributed by atoms with van der Waals surface area (Å²) < 4.78 is 4.44. The zero-order valence-corrected chi connectivity index (χ0v) is 14.1. The van der Waals surface area contributed by atoms with Gasteiger partial charge in [-0.1, -0.05) is 42.1 Å². The number of hydrogen-bond acceptors (Lipinski definition) is 4. The largest absolute Gasteiger partial charge is 0.332 e. The van der Waals surface area contributed by atoms with Crippen molar-refractivity contribution < 1.29 is 0 Å². The third kappa shape index (κ3) is 2.61. The summed E-state index contributed by atoms with van der Waals surface area (Å²) >= 11 is 1.55. The molecule has 3 rings (SSSR count). The number of rotatable bonds is 4. The maximum absolute atomic E-state index is 12.5. The van der Waals surface area contributed by atoms with Crippen molar-refractivity contribution in [2.75, 3.05) is 0 Å². The Morgan fingerprint density at radius 3 is 2.43 bits per heavy atom. The number of fused-ring (bicyclic) bond motifs is 1. The lowest BCUT2D eigenvalue weighted by atomic mass is 10.2. The Kier molecular flexibility index (Phi) is 4.12. The number of hydrogen-bond donors (Lipinski definition) is 0. The SMILES string of the molecule is CCn1c(=O)c2c(nc(SCc3ccccc3)n2C)n(C)c1=O. The third-order valence-corrected chi connectivity index (χ3v) is 4.95. The molecule has 0 N–H and O–H groups in total. The minimum Gasteiger partial charge on any atom is -0.316 e. The Hall–Kier alpha value is -2.28. The topological polar surface area (TPSA) is 61.8 Å². The lowest BCUT2D eigenvalue weighted by Gasteiger charge is -2.05. The van der Waals surface area contributed by atoms with Crippen LogP contribution in [0, 0.1) is 0 Å². The average Bonchev–Trinajstić information content (AvgIpc) is 2.89. The van der Waals surface area contributed by atoms with E-state index in [2.05, 4.69) is 17.1 Å². The molecule has 6 nitrogen and oxygen atoms in total. The van der Waals surface area contributed by atoms with Crippen LogP contribution in [0.25, 0.3) is 11.2 Å². The fourth-order valence-electron chi connectivity index (χ4n) is 2.55. The van der Waals surface area contributed by atoms with Gasteiger partial charge < -0.3 is 4.57 Å². The van der Waals surface area contributed by atoms with Crippen LogP contribution in [0.4, 0.5) is 0 Å². The van der Waals surface area contributed by atoms with Crippen molar-refractivity contribution in [2.24, 2.45) is 14.1 Å². The Balaban J connectivity index is 2.08. The van der Waals surface area contributed by atoms with Gasteiger partial charge in [0.05, 0.1) is 0 Å². The van der Waals surface area contributed by atoms with Gasteiger partial charge in [-0.2, -0.15) is 0 Å². The van der Waals surface area contributed by atoms with Crippen molar-refractivity contribution in [3.8, 4) is 0 Å².